The molecule has 0 saturated carbocycles. The van der Waals surface area contributed by atoms with Gasteiger partial charge in [-0.15, -0.1) is 0 Å². The van der Waals surface area contributed by atoms with Crippen LogP contribution in [-0.4, -0.2) is 25.8 Å². The molecule has 114 valence electrons. The summed E-state index contributed by atoms with van der Waals surface area (Å²) in [5.41, 5.74) is 3.87. The Morgan fingerprint density at radius 2 is 1.73 bits per heavy atom. The van der Waals surface area contributed by atoms with Crippen molar-refractivity contribution in [3.8, 4) is 11.5 Å². The molecule has 1 amide bonds. The van der Waals surface area contributed by atoms with Crippen LogP contribution in [0.2, 0.25) is 0 Å². The highest BCUT2D eigenvalue weighted by molar-refractivity contribution is 5.95. The second kappa shape index (κ2) is 7.83. The summed E-state index contributed by atoms with van der Waals surface area (Å²) in [4.78, 5) is 11.9. The van der Waals surface area contributed by atoms with E-state index in [1.807, 2.05) is 31.2 Å². The average Bonchev–Trinajstić information content (AvgIpc) is 2.56. The third-order valence-electron chi connectivity index (χ3n) is 2.92. The van der Waals surface area contributed by atoms with Gasteiger partial charge in [0.25, 0.3) is 5.91 Å². The molecule has 5 heteroatoms. The van der Waals surface area contributed by atoms with Gasteiger partial charge in [0.1, 0.15) is 11.5 Å². The minimum absolute atomic E-state index is 0.273. The molecule has 2 rings (SSSR count). The van der Waals surface area contributed by atoms with Gasteiger partial charge in [0.2, 0.25) is 0 Å². The molecule has 0 aromatic heterocycles. The van der Waals surface area contributed by atoms with Crippen LogP contribution in [-0.2, 0) is 0 Å². The number of carbonyl (C=O) groups excluding carboxylic acids is 1. The average molecular weight is 298 g/mol. The number of carbonyl (C=O) groups is 1. The zero-order valence-electron chi connectivity index (χ0n) is 12.6. The zero-order valence-corrected chi connectivity index (χ0v) is 12.6. The Balaban J connectivity index is 1.91. The molecule has 0 aliphatic carbocycles. The van der Waals surface area contributed by atoms with Crippen molar-refractivity contribution in [2.45, 2.75) is 6.92 Å². The van der Waals surface area contributed by atoms with Crippen LogP contribution in [0.5, 0.6) is 11.5 Å². The van der Waals surface area contributed by atoms with Crippen molar-refractivity contribution in [2.24, 2.45) is 5.10 Å². The number of ether oxygens (including phenoxy) is 2. The van der Waals surface area contributed by atoms with E-state index < -0.39 is 0 Å². The van der Waals surface area contributed by atoms with Crippen molar-refractivity contribution >= 4 is 12.1 Å². The molecule has 0 aliphatic rings. The molecule has 0 fully saturated rings. The van der Waals surface area contributed by atoms with Gasteiger partial charge in [-0.25, -0.2) is 5.43 Å². The van der Waals surface area contributed by atoms with Gasteiger partial charge >= 0.3 is 0 Å². The van der Waals surface area contributed by atoms with Crippen LogP contribution in [0.3, 0.4) is 0 Å². The first-order chi connectivity index (χ1) is 10.7. The Hall–Kier alpha value is -2.82. The fourth-order valence-electron chi connectivity index (χ4n) is 1.79. The van der Waals surface area contributed by atoms with Crippen LogP contribution in [0.1, 0.15) is 22.8 Å². The van der Waals surface area contributed by atoms with Crippen molar-refractivity contribution < 1.29 is 14.3 Å². The van der Waals surface area contributed by atoms with E-state index in [9.17, 15) is 4.79 Å². The maximum Gasteiger partial charge on any atom is 0.271 e. The van der Waals surface area contributed by atoms with Gasteiger partial charge < -0.3 is 9.47 Å². The third-order valence-corrected chi connectivity index (χ3v) is 2.92. The number of rotatable bonds is 6. The standard InChI is InChI=1S/C17H18N2O3/c1-3-22-16-8-4-13(5-9-16)12-18-19-17(20)14-6-10-15(21-2)11-7-14/h4-12H,3H2,1-2H3,(H,19,20)/b18-12+. The summed E-state index contributed by atoms with van der Waals surface area (Å²) >= 11 is 0. The number of amides is 1. The largest absolute Gasteiger partial charge is 0.497 e. The van der Waals surface area contributed by atoms with Crippen molar-refractivity contribution in [3.63, 3.8) is 0 Å². The first kappa shape index (κ1) is 15.6. The van der Waals surface area contributed by atoms with Crippen LogP contribution in [0.15, 0.2) is 53.6 Å². The third kappa shape index (κ3) is 4.34. The Labute approximate surface area is 129 Å². The first-order valence-corrected chi connectivity index (χ1v) is 6.93. The summed E-state index contributed by atoms with van der Waals surface area (Å²) in [6.07, 6.45) is 1.58. The monoisotopic (exact) mass is 298 g/mol. The fraction of sp³-hybridized carbons (Fsp3) is 0.176. The molecule has 2 aromatic carbocycles. The minimum atomic E-state index is -0.273. The Kier molecular flexibility index (Phi) is 5.54. The lowest BCUT2D eigenvalue weighted by molar-refractivity contribution is 0.0955. The van der Waals surface area contributed by atoms with E-state index in [1.165, 1.54) is 0 Å². The SMILES string of the molecule is CCOc1ccc(/C=N/NC(=O)c2ccc(OC)cc2)cc1. The molecule has 5 nitrogen and oxygen atoms in total. The van der Waals surface area contributed by atoms with Crippen LogP contribution in [0, 0.1) is 0 Å². The highest BCUT2D eigenvalue weighted by atomic mass is 16.5. The van der Waals surface area contributed by atoms with Gasteiger partial charge in [0.15, 0.2) is 0 Å². The van der Waals surface area contributed by atoms with Crippen LogP contribution < -0.4 is 14.9 Å². The molecule has 0 heterocycles. The van der Waals surface area contributed by atoms with Crippen molar-refractivity contribution in [2.75, 3.05) is 13.7 Å². The van der Waals surface area contributed by atoms with E-state index in [0.717, 1.165) is 11.3 Å². The summed E-state index contributed by atoms with van der Waals surface area (Å²) in [5.74, 6) is 1.24. The number of methoxy groups -OCH3 is 1. The number of hydrogen-bond acceptors (Lipinski definition) is 4. The smallest absolute Gasteiger partial charge is 0.271 e. The Morgan fingerprint density at radius 1 is 1.09 bits per heavy atom. The molecule has 2 aromatic rings. The van der Waals surface area contributed by atoms with E-state index >= 15 is 0 Å². The maximum atomic E-state index is 11.9. The van der Waals surface area contributed by atoms with Gasteiger partial charge in [-0.3, -0.25) is 4.79 Å². The van der Waals surface area contributed by atoms with Crippen LogP contribution >= 0.6 is 0 Å². The van der Waals surface area contributed by atoms with E-state index in [1.54, 1.807) is 37.6 Å². The molecule has 1 N–H and O–H groups in total. The Morgan fingerprint density at radius 3 is 2.32 bits per heavy atom. The summed E-state index contributed by atoms with van der Waals surface area (Å²) in [6, 6.07) is 14.3. The number of hydrazone groups is 1. The molecule has 0 bridgehead atoms. The topological polar surface area (TPSA) is 59.9 Å². The number of benzene rings is 2. The molecule has 0 aliphatic heterocycles. The van der Waals surface area contributed by atoms with Gasteiger partial charge in [0.05, 0.1) is 19.9 Å². The highest BCUT2D eigenvalue weighted by Crippen LogP contribution is 2.12. The molecular formula is C17H18N2O3. The summed E-state index contributed by atoms with van der Waals surface area (Å²) in [7, 11) is 1.58. The second-order valence-electron chi connectivity index (χ2n) is 4.43. The normalized spacial score (nSPS) is 10.5. The van der Waals surface area contributed by atoms with Gasteiger partial charge in [-0.2, -0.15) is 5.10 Å². The van der Waals surface area contributed by atoms with Gasteiger partial charge in [-0.05, 0) is 61.0 Å². The van der Waals surface area contributed by atoms with Gasteiger partial charge in [0, 0.05) is 5.56 Å². The molecule has 0 saturated heterocycles. The molecule has 0 radical (unpaired) electrons. The highest BCUT2D eigenvalue weighted by Gasteiger charge is 2.03. The van der Waals surface area contributed by atoms with E-state index in [2.05, 4.69) is 10.5 Å². The van der Waals surface area contributed by atoms with Crippen LogP contribution in [0.4, 0.5) is 0 Å². The van der Waals surface area contributed by atoms with Crippen molar-refractivity contribution in [3.05, 3.63) is 59.7 Å². The maximum absolute atomic E-state index is 11.9. The predicted octanol–water partition coefficient (Wildman–Crippen LogP) is 2.86. The lowest BCUT2D eigenvalue weighted by Gasteiger charge is -2.03. The Bertz CT molecular complexity index is 634. The summed E-state index contributed by atoms with van der Waals surface area (Å²) in [6.45, 7) is 2.56. The van der Waals surface area contributed by atoms with E-state index in [4.69, 9.17) is 9.47 Å². The van der Waals surface area contributed by atoms with E-state index in [0.29, 0.717) is 17.9 Å². The predicted molar refractivity (Wildman–Crippen MR) is 85.7 cm³/mol. The van der Waals surface area contributed by atoms with Gasteiger partial charge in [-0.1, -0.05) is 0 Å². The zero-order chi connectivity index (χ0) is 15.8. The van der Waals surface area contributed by atoms with Crippen molar-refractivity contribution in [1.29, 1.82) is 0 Å². The number of nitrogens with zero attached hydrogens (tertiary/aromatic N) is 1. The lowest BCUT2D eigenvalue weighted by Crippen LogP contribution is -2.17. The molecular weight excluding hydrogens is 280 g/mol. The molecule has 0 atom stereocenters. The first-order valence-electron chi connectivity index (χ1n) is 6.93. The summed E-state index contributed by atoms with van der Waals surface area (Å²) in [5, 5.41) is 3.94. The molecule has 0 spiro atoms. The quantitative estimate of drug-likeness (QED) is 0.659. The number of nitrogens with one attached hydrogen (secondary N) is 1. The summed E-state index contributed by atoms with van der Waals surface area (Å²) < 4.78 is 10.4. The van der Waals surface area contributed by atoms with Crippen molar-refractivity contribution in [1.82, 2.24) is 5.43 Å². The minimum Gasteiger partial charge on any atom is -0.497 e. The number of hydrogen-bond donors (Lipinski definition) is 1. The lowest BCUT2D eigenvalue weighted by atomic mass is 10.2. The molecule has 22 heavy (non-hydrogen) atoms. The molecule has 0 unspecified atom stereocenters. The van der Waals surface area contributed by atoms with E-state index in [-0.39, 0.29) is 5.91 Å². The van der Waals surface area contributed by atoms with Crippen LogP contribution in [0.25, 0.3) is 0 Å². The second-order valence-corrected chi connectivity index (χ2v) is 4.43. The fourth-order valence-corrected chi connectivity index (χ4v) is 1.79.